The number of hydrogen-bond acceptors (Lipinski definition) is 6. The number of benzene rings is 3. The molecule has 34 heavy (non-hydrogen) atoms. The topological polar surface area (TPSA) is 126 Å². The van der Waals surface area contributed by atoms with Gasteiger partial charge in [0.15, 0.2) is 0 Å². The van der Waals surface area contributed by atoms with Crippen molar-refractivity contribution in [2.75, 3.05) is 16.6 Å². The van der Waals surface area contributed by atoms with Gasteiger partial charge in [-0.1, -0.05) is 12.1 Å². The van der Waals surface area contributed by atoms with Crippen LogP contribution in [0, 0.1) is 0 Å². The lowest BCUT2D eigenvalue weighted by Gasteiger charge is -2.09. The van der Waals surface area contributed by atoms with E-state index in [0.717, 1.165) is 5.56 Å². The minimum absolute atomic E-state index is 0.0946. The van der Waals surface area contributed by atoms with Crippen LogP contribution in [0.5, 0.6) is 5.75 Å². The Morgan fingerprint density at radius 1 is 0.912 bits per heavy atom. The van der Waals surface area contributed by atoms with E-state index in [4.69, 9.17) is 4.74 Å². The minimum Gasteiger partial charge on any atom is -0.494 e. The molecule has 0 fully saturated rings. The van der Waals surface area contributed by atoms with Gasteiger partial charge in [-0.15, -0.1) is 0 Å². The first-order valence-electron chi connectivity index (χ1n) is 10.3. The summed E-state index contributed by atoms with van der Waals surface area (Å²) < 4.78 is 32.9. The summed E-state index contributed by atoms with van der Waals surface area (Å²) in [5, 5.41) is 6.58. The molecule has 0 spiro atoms. The van der Waals surface area contributed by atoms with Crippen LogP contribution in [0.25, 0.3) is 0 Å². The first kappa shape index (κ1) is 24.5. The fourth-order valence-corrected chi connectivity index (χ4v) is 3.93. The largest absolute Gasteiger partial charge is 0.494 e. The third-order valence-corrected chi connectivity index (χ3v) is 5.85. The van der Waals surface area contributed by atoms with Crippen molar-refractivity contribution in [1.82, 2.24) is 5.43 Å². The van der Waals surface area contributed by atoms with E-state index in [1.54, 1.807) is 36.4 Å². The van der Waals surface area contributed by atoms with E-state index in [0.29, 0.717) is 29.3 Å². The number of rotatable bonds is 9. The summed E-state index contributed by atoms with van der Waals surface area (Å²) in [4.78, 5) is 23.4. The number of carbonyl (C=O) groups excluding carboxylic acids is 2. The summed E-state index contributed by atoms with van der Waals surface area (Å²) in [6.07, 6.45) is 1.47. The van der Waals surface area contributed by atoms with Crippen LogP contribution in [0.1, 0.15) is 29.8 Å². The van der Waals surface area contributed by atoms with Crippen molar-refractivity contribution in [3.63, 3.8) is 0 Å². The molecule has 3 aromatic carbocycles. The maximum atomic E-state index is 12.6. The Hall–Kier alpha value is -4.18. The molecule has 0 aliphatic heterocycles. The minimum atomic E-state index is -3.79. The third kappa shape index (κ3) is 6.91. The Morgan fingerprint density at radius 3 is 2.12 bits per heavy atom. The number of ether oxygens (including phenoxy) is 1. The molecule has 3 N–H and O–H groups in total. The first-order chi connectivity index (χ1) is 16.3. The zero-order chi connectivity index (χ0) is 24.6. The molecule has 0 aromatic heterocycles. The van der Waals surface area contributed by atoms with Crippen LogP contribution < -0.4 is 20.2 Å². The first-order valence-corrected chi connectivity index (χ1v) is 11.8. The number of anilines is 2. The molecule has 0 unspecified atom stereocenters. The summed E-state index contributed by atoms with van der Waals surface area (Å²) in [5.74, 6) is -0.0304. The van der Waals surface area contributed by atoms with Crippen molar-refractivity contribution in [1.29, 1.82) is 0 Å². The lowest BCUT2D eigenvalue weighted by atomic mass is 10.2. The van der Waals surface area contributed by atoms with Gasteiger partial charge >= 0.3 is 0 Å². The highest BCUT2D eigenvalue weighted by Crippen LogP contribution is 2.20. The van der Waals surface area contributed by atoms with Crippen molar-refractivity contribution >= 4 is 39.4 Å². The van der Waals surface area contributed by atoms with Gasteiger partial charge in [-0.25, -0.2) is 13.8 Å². The second-order valence-corrected chi connectivity index (χ2v) is 8.77. The molecule has 0 heterocycles. The van der Waals surface area contributed by atoms with Crippen molar-refractivity contribution in [2.45, 2.75) is 18.7 Å². The van der Waals surface area contributed by atoms with Crippen LogP contribution in [-0.4, -0.2) is 33.1 Å². The molecule has 0 atom stereocenters. The molecule has 0 aliphatic carbocycles. The molecular weight excluding hydrogens is 456 g/mol. The molecule has 10 heteroatoms. The Balaban J connectivity index is 1.57. The van der Waals surface area contributed by atoms with Crippen LogP contribution >= 0.6 is 0 Å². The molecule has 3 rings (SSSR count). The van der Waals surface area contributed by atoms with E-state index in [9.17, 15) is 18.0 Å². The van der Waals surface area contributed by atoms with E-state index >= 15 is 0 Å². The third-order valence-electron chi connectivity index (χ3n) is 4.46. The normalized spacial score (nSPS) is 11.1. The Kier molecular flexibility index (Phi) is 7.99. The molecular formula is C24H24N4O5S. The fraction of sp³-hybridized carbons (Fsp3) is 0.125. The van der Waals surface area contributed by atoms with Crippen LogP contribution in [-0.2, 0) is 14.8 Å². The predicted octanol–water partition coefficient (Wildman–Crippen LogP) is 3.61. The average Bonchev–Trinajstić information content (AvgIpc) is 2.80. The van der Waals surface area contributed by atoms with Crippen molar-refractivity contribution in [3.8, 4) is 5.75 Å². The Labute approximate surface area is 197 Å². The highest BCUT2D eigenvalue weighted by Gasteiger charge is 2.14. The fourth-order valence-electron chi connectivity index (χ4n) is 2.87. The van der Waals surface area contributed by atoms with Gasteiger partial charge in [0.25, 0.3) is 15.9 Å². The van der Waals surface area contributed by atoms with Gasteiger partial charge < -0.3 is 10.1 Å². The molecule has 0 radical (unpaired) electrons. The van der Waals surface area contributed by atoms with Gasteiger partial charge in [0.05, 0.1) is 17.7 Å². The molecule has 0 aliphatic rings. The SMILES string of the molecule is CCOc1ccc(S(=O)(=O)Nc2ccc(C(=O)NN=Cc3ccc(NC(C)=O)cc3)cc2)cc1. The number of nitrogens with one attached hydrogen (secondary N) is 3. The van der Waals surface area contributed by atoms with E-state index in [1.807, 2.05) is 6.92 Å². The summed E-state index contributed by atoms with van der Waals surface area (Å²) in [7, 11) is -3.79. The predicted molar refractivity (Wildman–Crippen MR) is 131 cm³/mol. The summed E-state index contributed by atoms with van der Waals surface area (Å²) >= 11 is 0. The highest BCUT2D eigenvalue weighted by molar-refractivity contribution is 7.92. The zero-order valence-electron chi connectivity index (χ0n) is 18.6. The van der Waals surface area contributed by atoms with Crippen molar-refractivity contribution in [2.24, 2.45) is 5.10 Å². The van der Waals surface area contributed by atoms with Gasteiger partial charge in [0.2, 0.25) is 5.91 Å². The van der Waals surface area contributed by atoms with Crippen LogP contribution in [0.2, 0.25) is 0 Å². The molecule has 0 saturated heterocycles. The van der Waals surface area contributed by atoms with Gasteiger partial charge in [0, 0.05) is 23.9 Å². The second kappa shape index (κ2) is 11.1. The van der Waals surface area contributed by atoms with Crippen LogP contribution in [0.15, 0.2) is 82.8 Å². The molecule has 0 saturated carbocycles. The summed E-state index contributed by atoms with van der Waals surface area (Å²) in [5.41, 5.74) is 4.42. The number of amides is 2. The molecule has 0 bridgehead atoms. The lowest BCUT2D eigenvalue weighted by molar-refractivity contribution is -0.114. The summed E-state index contributed by atoms with van der Waals surface area (Å²) in [6, 6.07) is 19.0. The van der Waals surface area contributed by atoms with Gasteiger partial charge in [-0.3, -0.25) is 14.3 Å². The van der Waals surface area contributed by atoms with Gasteiger partial charge in [0.1, 0.15) is 5.75 Å². The van der Waals surface area contributed by atoms with Crippen molar-refractivity contribution < 1.29 is 22.7 Å². The molecule has 9 nitrogen and oxygen atoms in total. The van der Waals surface area contributed by atoms with E-state index in [-0.39, 0.29) is 10.8 Å². The molecule has 176 valence electrons. The Morgan fingerprint density at radius 2 is 1.53 bits per heavy atom. The molecule has 2 amide bonds. The molecule has 3 aromatic rings. The maximum absolute atomic E-state index is 12.6. The van der Waals surface area contributed by atoms with Gasteiger partial charge in [-0.05, 0) is 73.2 Å². The number of nitrogens with zero attached hydrogens (tertiary/aromatic N) is 1. The van der Waals surface area contributed by atoms with Gasteiger partial charge in [-0.2, -0.15) is 5.10 Å². The maximum Gasteiger partial charge on any atom is 0.271 e. The smallest absolute Gasteiger partial charge is 0.271 e. The second-order valence-electron chi connectivity index (χ2n) is 7.09. The van der Waals surface area contributed by atoms with E-state index in [1.165, 1.54) is 49.5 Å². The zero-order valence-corrected chi connectivity index (χ0v) is 19.4. The number of carbonyl (C=O) groups is 2. The number of hydrogen-bond donors (Lipinski definition) is 3. The van der Waals surface area contributed by atoms with E-state index in [2.05, 4.69) is 20.6 Å². The lowest BCUT2D eigenvalue weighted by Crippen LogP contribution is -2.18. The summed E-state index contributed by atoms with van der Waals surface area (Å²) in [6.45, 7) is 3.76. The average molecular weight is 481 g/mol. The highest BCUT2D eigenvalue weighted by atomic mass is 32.2. The van der Waals surface area contributed by atoms with E-state index < -0.39 is 15.9 Å². The van der Waals surface area contributed by atoms with Crippen molar-refractivity contribution in [3.05, 3.63) is 83.9 Å². The quantitative estimate of drug-likeness (QED) is 0.319. The monoisotopic (exact) mass is 480 g/mol. The standard InChI is InChI=1S/C24H24N4O5S/c1-3-33-22-12-14-23(15-13-22)34(31,32)28-21-10-6-19(7-11-21)24(30)27-25-16-18-4-8-20(9-5-18)26-17(2)29/h4-16,28H,3H2,1-2H3,(H,26,29)(H,27,30). The number of hydrazone groups is 1. The van der Waals surface area contributed by atoms with Crippen LogP contribution in [0.4, 0.5) is 11.4 Å². The van der Waals surface area contributed by atoms with Crippen LogP contribution in [0.3, 0.4) is 0 Å². The number of sulfonamides is 1. The Bertz CT molecular complexity index is 1270.